The van der Waals surface area contributed by atoms with Gasteiger partial charge in [0.05, 0.1) is 14.2 Å². The van der Waals surface area contributed by atoms with Crippen molar-refractivity contribution in [3.8, 4) is 11.5 Å². The fourth-order valence-electron chi connectivity index (χ4n) is 3.40. The number of methoxy groups -OCH3 is 2. The topological polar surface area (TPSA) is 79.9 Å². The summed E-state index contributed by atoms with van der Waals surface area (Å²) in [6, 6.07) is 20.0. The fourth-order valence-corrected chi connectivity index (χ4v) is 3.40. The molecule has 0 aliphatic carbocycles. The van der Waals surface area contributed by atoms with Crippen LogP contribution < -0.4 is 20.1 Å². The molecule has 0 aliphatic heterocycles. The predicted octanol–water partition coefficient (Wildman–Crippen LogP) is 3.95. The van der Waals surface area contributed by atoms with Crippen LogP contribution in [0.2, 0.25) is 0 Å². The molecule has 0 unspecified atom stereocenters. The lowest BCUT2D eigenvalue weighted by Gasteiger charge is -2.12. The predicted molar refractivity (Wildman–Crippen MR) is 129 cm³/mol. The molecule has 0 saturated heterocycles. The molecule has 0 radical (unpaired) electrons. The number of hydrogen-bond acceptors (Lipinski definition) is 5. The number of rotatable bonds is 9. The van der Waals surface area contributed by atoms with Crippen LogP contribution in [0.15, 0.2) is 66.7 Å². The van der Waals surface area contributed by atoms with Gasteiger partial charge in [0.15, 0.2) is 11.5 Å². The van der Waals surface area contributed by atoms with E-state index in [0.29, 0.717) is 22.6 Å². The molecule has 7 heteroatoms. The standard InChI is InChI=1S/C26H29N3O4/c1-29(2)17-19-8-6-10-22(14-19)28-26(31)20-9-5-7-18(13-20)16-27-25(30)21-11-12-23(32-3)24(15-21)33-4/h5-15H,16-17H2,1-4H3,(H,27,30)(H,28,31). The first-order valence-electron chi connectivity index (χ1n) is 10.5. The first kappa shape index (κ1) is 23.8. The van der Waals surface area contributed by atoms with Crippen molar-refractivity contribution in [1.29, 1.82) is 0 Å². The third kappa shape index (κ3) is 6.57. The van der Waals surface area contributed by atoms with Crippen molar-refractivity contribution in [3.63, 3.8) is 0 Å². The van der Waals surface area contributed by atoms with Crippen LogP contribution in [0.4, 0.5) is 5.69 Å². The van der Waals surface area contributed by atoms with Gasteiger partial charge in [0.25, 0.3) is 11.8 Å². The molecule has 172 valence electrons. The van der Waals surface area contributed by atoms with Crippen molar-refractivity contribution < 1.29 is 19.1 Å². The maximum atomic E-state index is 12.8. The highest BCUT2D eigenvalue weighted by Crippen LogP contribution is 2.27. The number of carbonyl (C=O) groups is 2. The lowest BCUT2D eigenvalue weighted by atomic mass is 10.1. The Labute approximate surface area is 194 Å². The monoisotopic (exact) mass is 447 g/mol. The zero-order valence-corrected chi connectivity index (χ0v) is 19.3. The molecule has 2 amide bonds. The fraction of sp³-hybridized carbons (Fsp3) is 0.231. The van der Waals surface area contributed by atoms with E-state index in [0.717, 1.165) is 23.4 Å². The molecule has 3 rings (SSSR count). The van der Waals surface area contributed by atoms with Crippen LogP contribution in [0.1, 0.15) is 31.8 Å². The summed E-state index contributed by atoms with van der Waals surface area (Å²) in [7, 11) is 7.07. The highest BCUT2D eigenvalue weighted by atomic mass is 16.5. The number of carbonyl (C=O) groups excluding carboxylic acids is 2. The average molecular weight is 448 g/mol. The van der Waals surface area contributed by atoms with E-state index < -0.39 is 0 Å². The minimum absolute atomic E-state index is 0.204. The van der Waals surface area contributed by atoms with Gasteiger partial charge in [0.1, 0.15) is 0 Å². The van der Waals surface area contributed by atoms with Gasteiger partial charge in [-0.25, -0.2) is 0 Å². The minimum atomic E-state index is -0.247. The molecule has 0 aromatic heterocycles. The van der Waals surface area contributed by atoms with Crippen molar-refractivity contribution in [2.24, 2.45) is 0 Å². The zero-order chi connectivity index (χ0) is 23.8. The molecule has 0 heterocycles. The number of nitrogens with one attached hydrogen (secondary N) is 2. The van der Waals surface area contributed by atoms with Gasteiger partial charge in [-0.15, -0.1) is 0 Å². The van der Waals surface area contributed by atoms with E-state index in [4.69, 9.17) is 9.47 Å². The van der Waals surface area contributed by atoms with Gasteiger partial charge >= 0.3 is 0 Å². The van der Waals surface area contributed by atoms with Crippen LogP contribution in [0.25, 0.3) is 0 Å². The zero-order valence-electron chi connectivity index (χ0n) is 19.3. The maximum Gasteiger partial charge on any atom is 0.255 e. The van der Waals surface area contributed by atoms with Gasteiger partial charge in [-0.2, -0.15) is 0 Å². The molecule has 0 atom stereocenters. The van der Waals surface area contributed by atoms with E-state index in [9.17, 15) is 9.59 Å². The van der Waals surface area contributed by atoms with Crippen LogP contribution in [0.3, 0.4) is 0 Å². The third-order valence-corrected chi connectivity index (χ3v) is 4.97. The number of nitrogens with zero attached hydrogens (tertiary/aromatic N) is 1. The highest BCUT2D eigenvalue weighted by Gasteiger charge is 2.12. The van der Waals surface area contributed by atoms with Crippen LogP contribution in [0, 0.1) is 0 Å². The molecule has 0 spiro atoms. The second kappa shape index (κ2) is 11.2. The van der Waals surface area contributed by atoms with Crippen molar-refractivity contribution in [2.45, 2.75) is 13.1 Å². The van der Waals surface area contributed by atoms with E-state index in [1.54, 1.807) is 43.5 Å². The summed E-state index contributed by atoms with van der Waals surface area (Å²) in [5.41, 5.74) is 3.65. The second-order valence-electron chi connectivity index (χ2n) is 7.85. The largest absolute Gasteiger partial charge is 0.493 e. The lowest BCUT2D eigenvalue weighted by molar-refractivity contribution is 0.0950. The van der Waals surface area contributed by atoms with Crippen LogP contribution in [-0.4, -0.2) is 45.0 Å². The summed E-state index contributed by atoms with van der Waals surface area (Å²) in [6.07, 6.45) is 0. The Morgan fingerprint density at radius 1 is 0.788 bits per heavy atom. The van der Waals surface area contributed by atoms with Crippen LogP contribution >= 0.6 is 0 Å². The van der Waals surface area contributed by atoms with Crippen LogP contribution in [-0.2, 0) is 13.1 Å². The Morgan fingerprint density at radius 3 is 2.21 bits per heavy atom. The second-order valence-corrected chi connectivity index (χ2v) is 7.85. The molecule has 33 heavy (non-hydrogen) atoms. The van der Waals surface area contributed by atoms with Gasteiger partial charge in [0, 0.05) is 29.9 Å². The Hall–Kier alpha value is -3.84. The summed E-state index contributed by atoms with van der Waals surface area (Å²) < 4.78 is 10.5. The number of amides is 2. The first-order chi connectivity index (χ1) is 15.9. The van der Waals surface area contributed by atoms with E-state index in [-0.39, 0.29) is 18.4 Å². The molecule has 3 aromatic rings. The highest BCUT2D eigenvalue weighted by molar-refractivity contribution is 6.04. The summed E-state index contributed by atoms with van der Waals surface area (Å²) in [5, 5.41) is 5.82. The van der Waals surface area contributed by atoms with Crippen molar-refractivity contribution in [2.75, 3.05) is 33.6 Å². The van der Waals surface area contributed by atoms with Crippen molar-refractivity contribution in [3.05, 3.63) is 89.0 Å². The van der Waals surface area contributed by atoms with E-state index in [2.05, 4.69) is 15.5 Å². The molecule has 0 bridgehead atoms. The smallest absolute Gasteiger partial charge is 0.255 e. The normalized spacial score (nSPS) is 10.6. The van der Waals surface area contributed by atoms with Gasteiger partial charge in [-0.1, -0.05) is 24.3 Å². The molecule has 3 aromatic carbocycles. The van der Waals surface area contributed by atoms with Crippen LogP contribution in [0.5, 0.6) is 11.5 Å². The Balaban J connectivity index is 1.64. The molecule has 0 fully saturated rings. The molecular formula is C26H29N3O4. The lowest BCUT2D eigenvalue weighted by Crippen LogP contribution is -2.23. The van der Waals surface area contributed by atoms with E-state index in [1.807, 2.05) is 44.4 Å². The maximum absolute atomic E-state index is 12.8. The number of hydrogen-bond donors (Lipinski definition) is 2. The molecule has 2 N–H and O–H groups in total. The van der Waals surface area contributed by atoms with Gasteiger partial charge in [-0.3, -0.25) is 9.59 Å². The number of benzene rings is 3. The SMILES string of the molecule is COc1ccc(C(=O)NCc2cccc(C(=O)Nc3cccc(CN(C)C)c3)c2)cc1OC. The summed E-state index contributed by atoms with van der Waals surface area (Å²) in [4.78, 5) is 27.4. The summed E-state index contributed by atoms with van der Waals surface area (Å²) in [5.74, 6) is 0.590. The number of anilines is 1. The van der Waals surface area contributed by atoms with Crippen molar-refractivity contribution in [1.82, 2.24) is 10.2 Å². The molecule has 0 saturated carbocycles. The van der Waals surface area contributed by atoms with Gasteiger partial charge < -0.3 is 25.0 Å². The summed E-state index contributed by atoms with van der Waals surface area (Å²) in [6.45, 7) is 1.07. The van der Waals surface area contributed by atoms with E-state index >= 15 is 0 Å². The third-order valence-electron chi connectivity index (χ3n) is 4.97. The van der Waals surface area contributed by atoms with Gasteiger partial charge in [0.2, 0.25) is 0 Å². The molecule has 7 nitrogen and oxygen atoms in total. The minimum Gasteiger partial charge on any atom is -0.493 e. The average Bonchev–Trinajstić information content (AvgIpc) is 2.82. The Bertz CT molecular complexity index is 1130. The molecule has 0 aliphatic rings. The quantitative estimate of drug-likeness (QED) is 0.519. The van der Waals surface area contributed by atoms with Gasteiger partial charge in [-0.05, 0) is 67.7 Å². The Morgan fingerprint density at radius 2 is 1.48 bits per heavy atom. The van der Waals surface area contributed by atoms with E-state index in [1.165, 1.54) is 7.11 Å². The number of ether oxygens (including phenoxy) is 2. The first-order valence-corrected chi connectivity index (χ1v) is 10.5. The van der Waals surface area contributed by atoms with Crippen molar-refractivity contribution >= 4 is 17.5 Å². The summed E-state index contributed by atoms with van der Waals surface area (Å²) >= 11 is 0. The molecular weight excluding hydrogens is 418 g/mol. The Kier molecular flexibility index (Phi) is 8.05.